The third-order valence-corrected chi connectivity index (χ3v) is 21.0. The molecule has 0 saturated heterocycles. The molecule has 0 aliphatic rings. The summed E-state index contributed by atoms with van der Waals surface area (Å²) in [5.74, 6) is 0. The molecule has 0 aliphatic carbocycles. The highest BCUT2D eigenvalue weighted by molar-refractivity contribution is 6.77. The van der Waals surface area contributed by atoms with E-state index in [2.05, 4.69) is 27.7 Å². The van der Waals surface area contributed by atoms with Gasteiger partial charge in [-0.3, -0.25) is 0 Å². The van der Waals surface area contributed by atoms with Gasteiger partial charge < -0.3 is 4.12 Å². The Hall–Kier alpha value is 0.394. The zero-order valence-corrected chi connectivity index (χ0v) is 42.0. The molecule has 0 aliphatic heterocycles. The van der Waals surface area contributed by atoms with E-state index >= 15 is 0 Å². The highest BCUT2D eigenvalue weighted by atomic mass is 28.4. The summed E-state index contributed by atoms with van der Waals surface area (Å²) >= 11 is 0. The van der Waals surface area contributed by atoms with Crippen molar-refractivity contribution < 1.29 is 4.12 Å². The van der Waals surface area contributed by atoms with Gasteiger partial charge in [0.25, 0.3) is 0 Å². The lowest BCUT2D eigenvalue weighted by atomic mass is 10.1. The molecule has 0 fully saturated rings. The van der Waals surface area contributed by atoms with Crippen LogP contribution in [0.1, 0.15) is 310 Å². The first kappa shape index (κ1) is 55.4. The van der Waals surface area contributed by atoms with Crippen molar-refractivity contribution >= 4 is 18.1 Å². The lowest BCUT2D eigenvalue weighted by molar-refractivity contribution is 0.508. The van der Waals surface area contributed by atoms with Gasteiger partial charge in [0.05, 0.1) is 0 Å². The van der Waals surface area contributed by atoms with Crippen molar-refractivity contribution in [1.29, 1.82) is 0 Å². The predicted octanol–water partition coefficient (Wildman–Crippen LogP) is 19.7. The summed E-state index contributed by atoms with van der Waals surface area (Å²) in [6, 6.07) is 5.97. The van der Waals surface area contributed by atoms with E-state index < -0.39 is 8.32 Å². The fourth-order valence-electron chi connectivity index (χ4n) is 9.16. The normalized spacial score (nSPS) is 12.2. The second-order valence-electron chi connectivity index (χ2n) is 18.8. The van der Waals surface area contributed by atoms with E-state index in [0.717, 1.165) is 0 Å². The van der Waals surface area contributed by atoms with Crippen LogP contribution in [0, 0.1) is 0 Å². The molecule has 1 nitrogen and oxygen atoms in total. The molecule has 0 saturated carbocycles. The second-order valence-corrected chi connectivity index (χ2v) is 24.9. The van der Waals surface area contributed by atoms with Crippen LogP contribution in [0.15, 0.2) is 0 Å². The highest BCUT2D eigenvalue weighted by Crippen LogP contribution is 2.32. The van der Waals surface area contributed by atoms with E-state index in [1.165, 1.54) is 307 Å². The van der Waals surface area contributed by atoms with Gasteiger partial charge in [-0.05, 0) is 24.2 Å². The van der Waals surface area contributed by atoms with Crippen LogP contribution in [-0.4, -0.2) is 18.1 Å². The molecule has 0 bridgehead atoms. The van der Waals surface area contributed by atoms with Crippen molar-refractivity contribution in [3.63, 3.8) is 0 Å². The molecule has 0 rings (SSSR count). The topological polar surface area (TPSA) is 9.23 Å². The van der Waals surface area contributed by atoms with E-state index in [4.69, 9.17) is 4.12 Å². The molecule has 0 radical (unpaired) electrons. The summed E-state index contributed by atoms with van der Waals surface area (Å²) in [6.45, 7) is 9.33. The van der Waals surface area contributed by atoms with Crippen LogP contribution in [0.2, 0.25) is 24.2 Å². The van der Waals surface area contributed by atoms with Crippen LogP contribution in [0.4, 0.5) is 0 Å². The molecule has 0 N–H and O–H groups in total. The zero-order chi connectivity index (χ0) is 39.9. The lowest BCUT2D eigenvalue weighted by Gasteiger charge is -2.33. The monoisotopic (exact) mass is 807 g/mol. The average Bonchev–Trinajstić information content (AvgIpc) is 3.19. The predicted molar refractivity (Wildman–Crippen MR) is 260 cm³/mol. The molecule has 0 aromatic rings. The van der Waals surface area contributed by atoms with E-state index in [1.54, 1.807) is 0 Å². The summed E-state index contributed by atoms with van der Waals surface area (Å²) in [7, 11) is -1.98. The Morgan fingerprint density at radius 3 is 0.636 bits per heavy atom. The minimum absolute atomic E-state index is 0.367. The van der Waals surface area contributed by atoms with Crippen molar-refractivity contribution in [3.05, 3.63) is 0 Å². The first-order valence-electron chi connectivity index (χ1n) is 26.9. The Morgan fingerprint density at radius 1 is 0.236 bits per heavy atom. The van der Waals surface area contributed by atoms with E-state index in [9.17, 15) is 0 Å². The van der Waals surface area contributed by atoms with Crippen LogP contribution in [0.25, 0.3) is 0 Å². The average molecular weight is 808 g/mol. The zero-order valence-electron chi connectivity index (χ0n) is 39.6. The first-order valence-corrected chi connectivity index (χ1v) is 31.0. The molecule has 0 amide bonds. The first-order chi connectivity index (χ1) is 27.2. The SMILES string of the molecule is CCCCCCCCCCCCC[SiH2]O[Si](CCCCCCCCCCCCC)(CCCCCCCCCCCCC)CCCCCCCCCCCCC. The van der Waals surface area contributed by atoms with Gasteiger partial charge in [-0.15, -0.1) is 0 Å². The standard InChI is InChI=1S/C52H110OSi2/c1-5-9-13-17-21-25-29-33-37-41-45-49-54-53-55(50-46-42-38-34-30-26-22-18-14-10-6-2,51-47-43-39-35-31-27-23-19-15-11-7-3)52-48-44-40-36-32-28-24-20-16-12-8-4/h5-52,54H2,1-4H3. The fraction of sp³-hybridized carbons (Fsp3) is 1.00. The summed E-state index contributed by atoms with van der Waals surface area (Å²) in [5.41, 5.74) is 0. The third-order valence-electron chi connectivity index (χ3n) is 13.1. The minimum Gasteiger partial charge on any atom is -0.460 e. The molecular weight excluding hydrogens is 697 g/mol. The fourth-order valence-corrected chi connectivity index (χ4v) is 17.2. The number of hydrogen-bond acceptors (Lipinski definition) is 1. The molecule has 0 aromatic carbocycles. The van der Waals surface area contributed by atoms with Crippen molar-refractivity contribution in [2.75, 3.05) is 0 Å². The van der Waals surface area contributed by atoms with Crippen molar-refractivity contribution in [2.45, 2.75) is 334 Å². The van der Waals surface area contributed by atoms with E-state index in [0.29, 0.717) is 0 Å². The molecule has 3 heteroatoms. The highest BCUT2D eigenvalue weighted by Gasteiger charge is 2.32. The molecule has 0 unspecified atom stereocenters. The molecular formula is C52H110OSi2. The van der Waals surface area contributed by atoms with Gasteiger partial charge in [-0.1, -0.05) is 310 Å². The molecule has 0 spiro atoms. The number of hydrogen-bond donors (Lipinski definition) is 0. The Labute approximate surface area is 355 Å². The van der Waals surface area contributed by atoms with E-state index in [-0.39, 0.29) is 9.76 Å². The lowest BCUT2D eigenvalue weighted by Crippen LogP contribution is -2.39. The van der Waals surface area contributed by atoms with Crippen LogP contribution in [0.3, 0.4) is 0 Å². The van der Waals surface area contributed by atoms with Crippen molar-refractivity contribution in [2.24, 2.45) is 0 Å². The van der Waals surface area contributed by atoms with Crippen LogP contribution < -0.4 is 0 Å². The maximum absolute atomic E-state index is 7.47. The molecule has 332 valence electrons. The van der Waals surface area contributed by atoms with Crippen LogP contribution >= 0.6 is 0 Å². The Kier molecular flexibility index (Phi) is 49.1. The third kappa shape index (κ3) is 43.8. The van der Waals surface area contributed by atoms with E-state index in [1.807, 2.05) is 0 Å². The molecule has 0 atom stereocenters. The van der Waals surface area contributed by atoms with Crippen LogP contribution in [0.5, 0.6) is 0 Å². The van der Waals surface area contributed by atoms with Gasteiger partial charge >= 0.3 is 0 Å². The number of rotatable bonds is 50. The maximum Gasteiger partial charge on any atom is 0.179 e. The van der Waals surface area contributed by atoms with Gasteiger partial charge in [0.15, 0.2) is 8.32 Å². The Morgan fingerprint density at radius 2 is 0.418 bits per heavy atom. The van der Waals surface area contributed by atoms with Gasteiger partial charge in [-0.2, -0.15) is 0 Å². The number of unbranched alkanes of at least 4 members (excludes halogenated alkanes) is 40. The Bertz CT molecular complexity index is 603. The maximum atomic E-state index is 7.47. The summed E-state index contributed by atoms with van der Waals surface area (Å²) in [5, 5.41) is 0. The van der Waals surface area contributed by atoms with Gasteiger partial charge in [0, 0.05) is 0 Å². The minimum atomic E-state index is -1.62. The van der Waals surface area contributed by atoms with Crippen LogP contribution in [-0.2, 0) is 4.12 Å². The van der Waals surface area contributed by atoms with Gasteiger partial charge in [0.1, 0.15) is 9.76 Å². The molecule has 0 heterocycles. The smallest absolute Gasteiger partial charge is 0.179 e. The quantitative estimate of drug-likeness (QED) is 0.0439. The Balaban J connectivity index is 4.89. The summed E-state index contributed by atoms with van der Waals surface area (Å²) in [6.07, 6.45) is 64.3. The molecule has 0 aromatic heterocycles. The van der Waals surface area contributed by atoms with Crippen molar-refractivity contribution in [3.8, 4) is 0 Å². The van der Waals surface area contributed by atoms with Crippen molar-refractivity contribution in [1.82, 2.24) is 0 Å². The summed E-state index contributed by atoms with van der Waals surface area (Å²) in [4.78, 5) is 0. The van der Waals surface area contributed by atoms with Gasteiger partial charge in [0.2, 0.25) is 0 Å². The molecule has 55 heavy (non-hydrogen) atoms. The van der Waals surface area contributed by atoms with Gasteiger partial charge in [-0.25, -0.2) is 0 Å². The summed E-state index contributed by atoms with van der Waals surface area (Å²) < 4.78 is 7.47. The second kappa shape index (κ2) is 48.8. The largest absolute Gasteiger partial charge is 0.460 e.